The van der Waals surface area contributed by atoms with Crippen molar-refractivity contribution in [2.45, 2.75) is 6.92 Å². The molecular weight excluding hydrogens is 428 g/mol. The quantitative estimate of drug-likeness (QED) is 0.260. The molecule has 2 aromatic heterocycles. The zero-order valence-electron chi connectivity index (χ0n) is 19.6. The maximum Gasteiger partial charge on any atom is 0.212 e. The maximum absolute atomic E-state index is 9.92. The van der Waals surface area contributed by atoms with Gasteiger partial charge in [0.25, 0.3) is 0 Å². The highest BCUT2D eigenvalue weighted by molar-refractivity contribution is 6.11. The van der Waals surface area contributed by atoms with Crippen LogP contribution in [0.3, 0.4) is 0 Å². The van der Waals surface area contributed by atoms with Gasteiger partial charge in [-0.1, -0.05) is 54.6 Å². The van der Waals surface area contributed by atoms with Gasteiger partial charge in [0, 0.05) is 34.0 Å². The first-order valence-electron chi connectivity index (χ1n) is 11.6. The summed E-state index contributed by atoms with van der Waals surface area (Å²) < 4.78 is 8.57. The Balaban J connectivity index is 1.56. The Labute approximate surface area is 204 Å². The Morgan fingerprint density at radius 3 is 2.20 bits per heavy atom. The summed E-state index contributed by atoms with van der Waals surface area (Å²) in [5.74, 6) is 0. The lowest BCUT2D eigenvalue weighted by atomic mass is 9.94. The summed E-state index contributed by atoms with van der Waals surface area (Å²) in [5.41, 5.74) is 9.76. The Kier molecular flexibility index (Phi) is 4.94. The van der Waals surface area contributed by atoms with E-state index in [0.717, 1.165) is 49.9 Å². The van der Waals surface area contributed by atoms with E-state index in [-0.39, 0.29) is 0 Å². The predicted molar refractivity (Wildman–Crippen MR) is 141 cm³/mol. The number of hydrogen-bond acceptors (Lipinski definition) is 2. The highest BCUT2D eigenvalue weighted by Crippen LogP contribution is 2.40. The standard InChI is InChI=1S/C32H23N2O/c1-21-18-30-28(19-27(21)29-10-6-7-17-34(29)2)26-16-15-25(20-33)31(32(26)35-30)24-13-11-23(12-14-24)22-8-4-3-5-9-22/h3-19H,1-2H3/q+1. The Hall–Kier alpha value is -4.68. The molecule has 0 amide bonds. The maximum atomic E-state index is 9.92. The van der Waals surface area contributed by atoms with Crippen molar-refractivity contribution in [2.24, 2.45) is 7.05 Å². The molecule has 4 aromatic carbocycles. The summed E-state index contributed by atoms with van der Waals surface area (Å²) in [7, 11) is 2.06. The molecule has 0 bridgehead atoms. The predicted octanol–water partition coefficient (Wildman–Crippen LogP) is 7.59. The molecule has 0 saturated heterocycles. The van der Waals surface area contributed by atoms with Gasteiger partial charge in [0.2, 0.25) is 5.69 Å². The minimum atomic E-state index is 0.607. The van der Waals surface area contributed by atoms with Gasteiger partial charge in [0.05, 0.1) is 11.6 Å². The molecule has 2 heterocycles. The zero-order valence-corrected chi connectivity index (χ0v) is 19.6. The minimum Gasteiger partial charge on any atom is -0.455 e. The number of aryl methyl sites for hydroxylation is 2. The monoisotopic (exact) mass is 451 g/mol. The van der Waals surface area contributed by atoms with Crippen LogP contribution in [0.25, 0.3) is 55.4 Å². The minimum absolute atomic E-state index is 0.607. The van der Waals surface area contributed by atoms with Gasteiger partial charge in [0.1, 0.15) is 18.2 Å². The van der Waals surface area contributed by atoms with E-state index in [2.05, 4.69) is 91.5 Å². The molecule has 3 heteroatoms. The van der Waals surface area contributed by atoms with Gasteiger partial charge in [-0.3, -0.25) is 0 Å². The molecule has 0 atom stereocenters. The van der Waals surface area contributed by atoms with E-state index in [0.29, 0.717) is 5.56 Å². The molecule has 3 nitrogen and oxygen atoms in total. The summed E-state index contributed by atoms with van der Waals surface area (Å²) in [4.78, 5) is 0. The first-order valence-corrected chi connectivity index (χ1v) is 11.6. The summed E-state index contributed by atoms with van der Waals surface area (Å²) in [6.07, 6.45) is 2.06. The van der Waals surface area contributed by atoms with E-state index < -0.39 is 0 Å². The third-order valence-corrected chi connectivity index (χ3v) is 6.72. The molecule has 0 aliphatic heterocycles. The van der Waals surface area contributed by atoms with Crippen LogP contribution in [0.5, 0.6) is 0 Å². The first kappa shape index (κ1) is 20.9. The van der Waals surface area contributed by atoms with Crippen LogP contribution < -0.4 is 4.57 Å². The zero-order chi connectivity index (χ0) is 23.9. The van der Waals surface area contributed by atoms with E-state index in [4.69, 9.17) is 4.42 Å². The van der Waals surface area contributed by atoms with Gasteiger partial charge in [-0.25, -0.2) is 4.57 Å². The average molecular weight is 452 g/mol. The normalized spacial score (nSPS) is 11.1. The number of nitriles is 1. The smallest absolute Gasteiger partial charge is 0.212 e. The number of benzene rings is 4. The van der Waals surface area contributed by atoms with E-state index in [1.165, 1.54) is 11.1 Å². The molecule has 35 heavy (non-hydrogen) atoms. The molecular formula is C32H23N2O+. The van der Waals surface area contributed by atoms with Gasteiger partial charge in [-0.2, -0.15) is 5.26 Å². The summed E-state index contributed by atoms with van der Waals surface area (Å²) in [6.45, 7) is 2.11. The van der Waals surface area contributed by atoms with Gasteiger partial charge in [0.15, 0.2) is 6.20 Å². The molecule has 0 radical (unpaired) electrons. The molecule has 0 N–H and O–H groups in total. The summed E-state index contributed by atoms with van der Waals surface area (Å²) >= 11 is 0. The molecule has 0 saturated carbocycles. The van der Waals surface area contributed by atoms with Crippen molar-refractivity contribution in [3.8, 4) is 39.6 Å². The van der Waals surface area contributed by atoms with Crippen LogP contribution in [0.4, 0.5) is 0 Å². The number of pyridine rings is 1. The largest absolute Gasteiger partial charge is 0.455 e. The van der Waals surface area contributed by atoms with Crippen molar-refractivity contribution in [2.75, 3.05) is 0 Å². The molecule has 0 unspecified atom stereocenters. The van der Waals surface area contributed by atoms with Crippen LogP contribution in [-0.4, -0.2) is 0 Å². The Morgan fingerprint density at radius 1 is 0.743 bits per heavy atom. The van der Waals surface area contributed by atoms with Crippen LogP contribution in [0.15, 0.2) is 108 Å². The number of nitrogens with zero attached hydrogens (tertiary/aromatic N) is 2. The van der Waals surface area contributed by atoms with Crippen molar-refractivity contribution in [3.05, 3.63) is 114 Å². The fraction of sp³-hybridized carbons (Fsp3) is 0.0625. The van der Waals surface area contributed by atoms with E-state index >= 15 is 0 Å². The van der Waals surface area contributed by atoms with E-state index in [1.807, 2.05) is 36.4 Å². The Bertz CT molecular complexity index is 1750. The lowest BCUT2D eigenvalue weighted by Gasteiger charge is -2.07. The third kappa shape index (κ3) is 3.48. The van der Waals surface area contributed by atoms with Crippen molar-refractivity contribution in [1.29, 1.82) is 5.26 Å². The van der Waals surface area contributed by atoms with Crippen LogP contribution >= 0.6 is 0 Å². The second-order valence-electron chi connectivity index (χ2n) is 8.88. The summed E-state index contributed by atoms with van der Waals surface area (Å²) in [6, 6.07) is 35.5. The number of hydrogen-bond donors (Lipinski definition) is 0. The average Bonchev–Trinajstić information content (AvgIpc) is 3.25. The van der Waals surface area contributed by atoms with Gasteiger partial charge in [-0.15, -0.1) is 0 Å². The molecule has 0 fully saturated rings. The van der Waals surface area contributed by atoms with Gasteiger partial charge >= 0.3 is 0 Å². The topological polar surface area (TPSA) is 40.8 Å². The van der Waals surface area contributed by atoms with Crippen molar-refractivity contribution >= 4 is 21.9 Å². The Morgan fingerprint density at radius 2 is 1.46 bits per heavy atom. The van der Waals surface area contributed by atoms with Crippen molar-refractivity contribution in [3.63, 3.8) is 0 Å². The second-order valence-corrected chi connectivity index (χ2v) is 8.88. The lowest BCUT2D eigenvalue weighted by molar-refractivity contribution is -0.660. The number of aromatic nitrogens is 1. The fourth-order valence-corrected chi connectivity index (χ4v) is 4.91. The molecule has 0 aliphatic carbocycles. The molecule has 0 spiro atoms. The van der Waals surface area contributed by atoms with Crippen LogP contribution in [0.1, 0.15) is 11.1 Å². The molecule has 6 aromatic rings. The van der Waals surface area contributed by atoms with E-state index in [9.17, 15) is 5.26 Å². The number of furan rings is 1. The van der Waals surface area contributed by atoms with Gasteiger partial charge < -0.3 is 4.42 Å². The van der Waals surface area contributed by atoms with Crippen LogP contribution in [0, 0.1) is 18.3 Å². The van der Waals surface area contributed by atoms with Crippen LogP contribution in [-0.2, 0) is 7.05 Å². The lowest BCUT2D eigenvalue weighted by Crippen LogP contribution is -2.30. The molecule has 6 rings (SSSR count). The number of fused-ring (bicyclic) bond motifs is 3. The van der Waals surface area contributed by atoms with Crippen molar-refractivity contribution < 1.29 is 8.98 Å². The SMILES string of the molecule is Cc1cc2oc3c(-c4ccc(-c5ccccc5)cc4)c(C#N)ccc3c2cc1-c1cccc[n+]1C. The molecule has 0 aliphatic rings. The highest BCUT2D eigenvalue weighted by Gasteiger charge is 2.20. The van der Waals surface area contributed by atoms with Crippen molar-refractivity contribution in [1.82, 2.24) is 0 Å². The molecule has 166 valence electrons. The number of rotatable bonds is 3. The van der Waals surface area contributed by atoms with Crippen LogP contribution in [0.2, 0.25) is 0 Å². The van der Waals surface area contributed by atoms with Gasteiger partial charge in [-0.05, 0) is 59.5 Å². The highest BCUT2D eigenvalue weighted by atomic mass is 16.3. The van der Waals surface area contributed by atoms with E-state index in [1.54, 1.807) is 0 Å². The second kappa shape index (κ2) is 8.27. The third-order valence-electron chi connectivity index (χ3n) is 6.72. The summed E-state index contributed by atoms with van der Waals surface area (Å²) in [5, 5.41) is 12.0. The fourth-order valence-electron chi connectivity index (χ4n) is 4.91. The first-order chi connectivity index (χ1) is 17.1.